The molecule has 28 heavy (non-hydrogen) atoms. The van der Waals surface area contributed by atoms with E-state index in [1.165, 1.54) is 18.9 Å². The van der Waals surface area contributed by atoms with Gasteiger partial charge in [0.05, 0.1) is 24.3 Å². The van der Waals surface area contributed by atoms with Crippen molar-refractivity contribution in [1.82, 2.24) is 14.8 Å². The van der Waals surface area contributed by atoms with Gasteiger partial charge in [-0.15, -0.1) is 16.8 Å². The van der Waals surface area contributed by atoms with E-state index in [1.54, 1.807) is 49.6 Å². The number of halogens is 1. The van der Waals surface area contributed by atoms with Gasteiger partial charge in [0.15, 0.2) is 10.9 Å². The summed E-state index contributed by atoms with van der Waals surface area (Å²) in [7, 11) is 1.53. The Morgan fingerprint density at radius 1 is 1.46 bits per heavy atom. The summed E-state index contributed by atoms with van der Waals surface area (Å²) in [4.78, 5) is 12.7. The fourth-order valence-corrected chi connectivity index (χ4v) is 3.51. The molecule has 7 nitrogen and oxygen atoms in total. The summed E-state index contributed by atoms with van der Waals surface area (Å²) in [5.74, 6) is 1.50. The molecule has 146 valence electrons. The van der Waals surface area contributed by atoms with Crippen molar-refractivity contribution in [1.29, 1.82) is 0 Å². The molecule has 0 bridgehead atoms. The van der Waals surface area contributed by atoms with Crippen molar-refractivity contribution in [2.45, 2.75) is 23.9 Å². The molecule has 0 aliphatic carbocycles. The Morgan fingerprint density at radius 2 is 2.29 bits per heavy atom. The van der Waals surface area contributed by atoms with Crippen LogP contribution in [-0.4, -0.2) is 33.0 Å². The van der Waals surface area contributed by atoms with E-state index in [2.05, 4.69) is 22.1 Å². The van der Waals surface area contributed by atoms with E-state index in [0.717, 1.165) is 0 Å². The number of methoxy groups -OCH3 is 1. The van der Waals surface area contributed by atoms with Crippen LogP contribution < -0.4 is 10.1 Å². The zero-order chi connectivity index (χ0) is 20.1. The zero-order valence-corrected chi connectivity index (χ0v) is 17.0. The highest BCUT2D eigenvalue weighted by atomic mass is 35.5. The Balaban J connectivity index is 1.77. The largest absolute Gasteiger partial charge is 0.495 e. The monoisotopic (exact) mass is 418 g/mol. The molecule has 3 rings (SSSR count). The average molecular weight is 419 g/mol. The molecule has 1 atom stereocenters. The number of nitrogens with one attached hydrogen (secondary N) is 1. The smallest absolute Gasteiger partial charge is 0.237 e. The van der Waals surface area contributed by atoms with Crippen molar-refractivity contribution < 1.29 is 13.9 Å². The average Bonchev–Trinajstić information content (AvgIpc) is 3.33. The van der Waals surface area contributed by atoms with E-state index in [1.807, 2.05) is 4.57 Å². The van der Waals surface area contributed by atoms with E-state index in [9.17, 15) is 4.79 Å². The summed E-state index contributed by atoms with van der Waals surface area (Å²) >= 11 is 7.31. The number of hydrogen-bond donors (Lipinski definition) is 1. The van der Waals surface area contributed by atoms with Crippen LogP contribution in [0.3, 0.4) is 0 Å². The molecule has 2 heterocycles. The van der Waals surface area contributed by atoms with Crippen molar-refractivity contribution in [3.63, 3.8) is 0 Å². The molecular weight excluding hydrogens is 400 g/mol. The number of rotatable bonds is 8. The predicted molar refractivity (Wildman–Crippen MR) is 110 cm³/mol. The van der Waals surface area contributed by atoms with E-state index in [4.69, 9.17) is 20.8 Å². The van der Waals surface area contributed by atoms with Crippen LogP contribution >= 0.6 is 23.4 Å². The van der Waals surface area contributed by atoms with Gasteiger partial charge in [-0.1, -0.05) is 29.4 Å². The molecule has 0 aliphatic heterocycles. The fourth-order valence-electron chi connectivity index (χ4n) is 2.48. The zero-order valence-electron chi connectivity index (χ0n) is 15.4. The lowest BCUT2D eigenvalue weighted by atomic mass is 10.3. The first-order valence-electron chi connectivity index (χ1n) is 8.42. The maximum Gasteiger partial charge on any atom is 0.237 e. The Bertz CT molecular complexity index is 972. The van der Waals surface area contributed by atoms with Crippen LogP contribution in [0.15, 0.2) is 58.8 Å². The van der Waals surface area contributed by atoms with E-state index in [0.29, 0.717) is 39.7 Å². The molecule has 0 spiro atoms. The molecule has 1 aromatic carbocycles. The Hall–Kier alpha value is -2.71. The Kier molecular flexibility index (Phi) is 6.43. The maximum atomic E-state index is 12.7. The van der Waals surface area contributed by atoms with Gasteiger partial charge in [0.1, 0.15) is 5.75 Å². The summed E-state index contributed by atoms with van der Waals surface area (Å²) < 4.78 is 12.5. The molecule has 0 aliphatic rings. The molecule has 1 amide bonds. The number of carbonyl (C=O) groups excluding carboxylic acids is 1. The van der Waals surface area contributed by atoms with Gasteiger partial charge in [-0.2, -0.15) is 0 Å². The molecule has 0 radical (unpaired) electrons. The number of thioether (sulfide) groups is 1. The number of benzene rings is 1. The van der Waals surface area contributed by atoms with Gasteiger partial charge in [-0.3, -0.25) is 9.36 Å². The minimum atomic E-state index is -0.444. The third kappa shape index (κ3) is 4.40. The minimum Gasteiger partial charge on any atom is -0.495 e. The van der Waals surface area contributed by atoms with Gasteiger partial charge in [-0.25, -0.2) is 0 Å². The van der Waals surface area contributed by atoms with Crippen molar-refractivity contribution in [2.75, 3.05) is 12.4 Å². The highest BCUT2D eigenvalue weighted by molar-refractivity contribution is 8.00. The van der Waals surface area contributed by atoms with Gasteiger partial charge in [-0.05, 0) is 37.3 Å². The van der Waals surface area contributed by atoms with Gasteiger partial charge < -0.3 is 14.5 Å². The Morgan fingerprint density at radius 3 is 2.96 bits per heavy atom. The first-order chi connectivity index (χ1) is 13.5. The van der Waals surface area contributed by atoms with Crippen molar-refractivity contribution >= 4 is 35.0 Å². The quantitative estimate of drug-likeness (QED) is 0.428. The maximum absolute atomic E-state index is 12.7. The Labute approximate surface area is 171 Å². The second-order valence-electron chi connectivity index (χ2n) is 5.78. The van der Waals surface area contributed by atoms with E-state index in [-0.39, 0.29) is 5.91 Å². The summed E-state index contributed by atoms with van der Waals surface area (Å²) in [6.07, 6.45) is 3.31. The van der Waals surface area contributed by atoms with Crippen molar-refractivity contribution in [2.24, 2.45) is 0 Å². The molecule has 0 saturated carbocycles. The molecule has 0 fully saturated rings. The van der Waals surface area contributed by atoms with Gasteiger partial charge >= 0.3 is 0 Å². The van der Waals surface area contributed by atoms with E-state index >= 15 is 0 Å². The summed E-state index contributed by atoms with van der Waals surface area (Å²) in [6, 6.07) is 8.63. The molecule has 9 heteroatoms. The predicted octanol–water partition coefficient (Wildman–Crippen LogP) is 4.51. The normalized spacial score (nSPS) is 11.8. The van der Waals surface area contributed by atoms with Gasteiger partial charge in [0, 0.05) is 11.6 Å². The number of aromatic nitrogens is 3. The topological polar surface area (TPSA) is 82.2 Å². The lowest BCUT2D eigenvalue weighted by molar-refractivity contribution is -0.115. The van der Waals surface area contributed by atoms with Crippen LogP contribution in [0.4, 0.5) is 5.69 Å². The highest BCUT2D eigenvalue weighted by Crippen LogP contribution is 2.30. The lowest BCUT2D eigenvalue weighted by Crippen LogP contribution is -2.23. The molecule has 2 aromatic heterocycles. The van der Waals surface area contributed by atoms with Crippen LogP contribution in [0.5, 0.6) is 5.75 Å². The van der Waals surface area contributed by atoms with Crippen LogP contribution in [0.25, 0.3) is 11.6 Å². The van der Waals surface area contributed by atoms with Gasteiger partial charge in [0.2, 0.25) is 11.7 Å². The first-order valence-corrected chi connectivity index (χ1v) is 9.68. The second kappa shape index (κ2) is 8.99. The summed E-state index contributed by atoms with van der Waals surface area (Å²) in [6.45, 7) is 6.05. The first kappa shape index (κ1) is 20.0. The molecule has 1 N–H and O–H groups in total. The molecule has 3 aromatic rings. The lowest BCUT2D eigenvalue weighted by Gasteiger charge is -2.14. The van der Waals surface area contributed by atoms with E-state index < -0.39 is 5.25 Å². The standard InChI is InChI=1S/C19H19ClN4O3S/c1-4-9-24-17(16-6-5-10-27-16)22-23-19(24)28-12(2)18(25)21-14-11-13(20)7-8-15(14)26-3/h4-8,10-12H,1,9H2,2-3H3,(H,21,25). The molecule has 1 unspecified atom stereocenters. The third-order valence-electron chi connectivity index (χ3n) is 3.84. The minimum absolute atomic E-state index is 0.210. The highest BCUT2D eigenvalue weighted by Gasteiger charge is 2.22. The van der Waals surface area contributed by atoms with Crippen molar-refractivity contribution in [3.05, 3.63) is 54.3 Å². The van der Waals surface area contributed by atoms with Crippen LogP contribution in [0.1, 0.15) is 6.92 Å². The number of furan rings is 1. The van der Waals surface area contributed by atoms with Crippen LogP contribution in [-0.2, 0) is 11.3 Å². The van der Waals surface area contributed by atoms with Crippen molar-refractivity contribution in [3.8, 4) is 17.3 Å². The number of anilines is 1. The number of ether oxygens (including phenoxy) is 1. The third-order valence-corrected chi connectivity index (χ3v) is 5.16. The number of nitrogens with zero attached hydrogens (tertiary/aromatic N) is 3. The fraction of sp³-hybridized carbons (Fsp3) is 0.211. The van der Waals surface area contributed by atoms with Gasteiger partial charge in [0.25, 0.3) is 0 Å². The van der Waals surface area contributed by atoms with Crippen LogP contribution in [0.2, 0.25) is 5.02 Å². The number of allylic oxidation sites excluding steroid dienone is 1. The summed E-state index contributed by atoms with van der Waals surface area (Å²) in [5, 5.41) is 11.9. The SMILES string of the molecule is C=CCn1c(SC(C)C(=O)Nc2cc(Cl)ccc2OC)nnc1-c1ccco1. The summed E-state index contributed by atoms with van der Waals surface area (Å²) in [5.41, 5.74) is 0.510. The molecule has 0 saturated heterocycles. The molecular formula is C19H19ClN4O3S. The number of hydrogen-bond acceptors (Lipinski definition) is 6. The number of amides is 1. The number of carbonyl (C=O) groups is 1. The van der Waals surface area contributed by atoms with Crippen LogP contribution in [0, 0.1) is 0 Å². The second-order valence-corrected chi connectivity index (χ2v) is 7.52.